The molecule has 0 saturated heterocycles. The summed E-state index contributed by atoms with van der Waals surface area (Å²) in [7, 11) is 0. The van der Waals surface area contributed by atoms with Crippen LogP contribution < -0.4 is 0 Å². The Kier molecular flexibility index (Phi) is 2.58. The third-order valence-corrected chi connectivity index (χ3v) is 3.55. The Morgan fingerprint density at radius 3 is 2.77 bits per heavy atom. The van der Waals surface area contributed by atoms with Crippen LogP contribution in [0.3, 0.4) is 0 Å². The van der Waals surface area contributed by atoms with Crippen LogP contribution in [-0.4, -0.2) is 15.4 Å². The number of nitrogens with zero attached hydrogens (tertiary/aromatic N) is 2. The van der Waals surface area contributed by atoms with E-state index in [2.05, 4.69) is 17.1 Å². The molecule has 1 aliphatic rings. The van der Waals surface area contributed by atoms with Crippen LogP contribution in [0.1, 0.15) is 32.1 Å². The Hall–Kier alpha value is -0.510. The summed E-state index contributed by atoms with van der Waals surface area (Å²) >= 11 is 1.74. The van der Waals surface area contributed by atoms with Crippen molar-refractivity contribution in [1.82, 2.24) is 10.2 Å². The Morgan fingerprint density at radius 2 is 2.23 bits per heavy atom. The minimum absolute atomic E-state index is 0.661. The molecule has 1 aliphatic carbocycles. The fraction of sp³-hybridized carbons (Fsp3) is 0.778. The van der Waals surface area contributed by atoms with Crippen LogP contribution in [0, 0.1) is 12.8 Å². The van der Waals surface area contributed by atoms with Crippen LogP contribution in [-0.2, 0) is 0 Å². The average molecular weight is 198 g/mol. The fourth-order valence-corrected chi connectivity index (χ4v) is 2.95. The van der Waals surface area contributed by atoms with E-state index in [1.165, 1.54) is 19.3 Å². The molecule has 1 fully saturated rings. The normalized spacial score (nSPS) is 28.2. The first-order chi connectivity index (χ1) is 6.24. The van der Waals surface area contributed by atoms with Crippen LogP contribution in [0.25, 0.3) is 0 Å². The number of thioether (sulfide) groups is 1. The quantitative estimate of drug-likeness (QED) is 0.732. The van der Waals surface area contributed by atoms with Crippen LogP contribution >= 0.6 is 11.8 Å². The highest BCUT2D eigenvalue weighted by atomic mass is 32.2. The zero-order valence-corrected chi connectivity index (χ0v) is 8.80. The van der Waals surface area contributed by atoms with Crippen molar-refractivity contribution in [3.8, 4) is 0 Å². The SMILES string of the molecule is Cc1nnc(SC2CCC(C)C2)o1. The summed E-state index contributed by atoms with van der Waals surface area (Å²) in [5.41, 5.74) is 0. The van der Waals surface area contributed by atoms with Gasteiger partial charge in [-0.1, -0.05) is 18.7 Å². The molecule has 1 aromatic rings. The summed E-state index contributed by atoms with van der Waals surface area (Å²) in [5, 5.41) is 9.21. The highest BCUT2D eigenvalue weighted by molar-refractivity contribution is 7.99. The maximum Gasteiger partial charge on any atom is 0.276 e. The fourth-order valence-electron chi connectivity index (χ4n) is 1.73. The van der Waals surface area contributed by atoms with Gasteiger partial charge in [-0.15, -0.1) is 10.2 Å². The van der Waals surface area contributed by atoms with E-state index in [-0.39, 0.29) is 0 Å². The lowest BCUT2D eigenvalue weighted by molar-refractivity contribution is 0.428. The lowest BCUT2D eigenvalue weighted by Gasteiger charge is -2.03. The highest BCUT2D eigenvalue weighted by Gasteiger charge is 2.23. The van der Waals surface area contributed by atoms with Gasteiger partial charge in [0.05, 0.1) is 0 Å². The summed E-state index contributed by atoms with van der Waals surface area (Å²) in [6.45, 7) is 4.13. The minimum atomic E-state index is 0.661. The van der Waals surface area contributed by atoms with Crippen molar-refractivity contribution in [3.63, 3.8) is 0 Å². The third-order valence-electron chi connectivity index (χ3n) is 2.42. The summed E-state index contributed by atoms with van der Waals surface area (Å²) in [4.78, 5) is 0. The first kappa shape index (κ1) is 9.06. The molecule has 1 heterocycles. The lowest BCUT2D eigenvalue weighted by atomic mass is 10.1. The zero-order valence-electron chi connectivity index (χ0n) is 7.99. The zero-order chi connectivity index (χ0) is 9.26. The highest BCUT2D eigenvalue weighted by Crippen LogP contribution is 2.36. The average Bonchev–Trinajstić information content (AvgIpc) is 2.62. The van der Waals surface area contributed by atoms with Crippen molar-refractivity contribution >= 4 is 11.8 Å². The topological polar surface area (TPSA) is 38.9 Å². The molecule has 13 heavy (non-hydrogen) atoms. The number of aryl methyl sites for hydroxylation is 1. The molecule has 1 aromatic heterocycles. The van der Waals surface area contributed by atoms with E-state index < -0.39 is 0 Å². The van der Waals surface area contributed by atoms with Gasteiger partial charge in [0.1, 0.15) is 0 Å². The van der Waals surface area contributed by atoms with Crippen molar-refractivity contribution in [2.45, 2.75) is 43.6 Å². The maximum atomic E-state index is 5.32. The van der Waals surface area contributed by atoms with Crippen molar-refractivity contribution in [3.05, 3.63) is 5.89 Å². The van der Waals surface area contributed by atoms with Gasteiger partial charge in [-0.25, -0.2) is 0 Å². The van der Waals surface area contributed by atoms with Crippen molar-refractivity contribution < 1.29 is 4.42 Å². The Labute approximate surface area is 82.3 Å². The predicted octanol–water partition coefficient (Wildman–Crippen LogP) is 2.66. The smallest absolute Gasteiger partial charge is 0.276 e. The van der Waals surface area contributed by atoms with Gasteiger partial charge in [0.25, 0.3) is 5.22 Å². The molecule has 0 aliphatic heterocycles. The molecule has 4 heteroatoms. The molecule has 0 bridgehead atoms. The van der Waals surface area contributed by atoms with E-state index in [9.17, 15) is 0 Å². The summed E-state index contributed by atoms with van der Waals surface area (Å²) < 4.78 is 5.32. The van der Waals surface area contributed by atoms with Crippen molar-refractivity contribution in [1.29, 1.82) is 0 Å². The van der Waals surface area contributed by atoms with Gasteiger partial charge in [0.2, 0.25) is 5.89 Å². The Bertz CT molecular complexity index is 287. The molecule has 0 amide bonds. The van der Waals surface area contributed by atoms with E-state index in [1.54, 1.807) is 11.8 Å². The molecule has 0 radical (unpaired) electrons. The number of hydrogen-bond acceptors (Lipinski definition) is 4. The van der Waals surface area contributed by atoms with Gasteiger partial charge >= 0.3 is 0 Å². The molecular weight excluding hydrogens is 184 g/mol. The molecule has 3 nitrogen and oxygen atoms in total. The third kappa shape index (κ3) is 2.24. The van der Waals surface area contributed by atoms with Gasteiger partial charge < -0.3 is 4.42 Å². The molecule has 72 valence electrons. The molecular formula is C9H14N2OS. The standard InChI is InChI=1S/C9H14N2OS/c1-6-3-4-8(5-6)13-9-11-10-7(2)12-9/h6,8H,3-5H2,1-2H3. The molecule has 0 aromatic carbocycles. The monoisotopic (exact) mass is 198 g/mol. The van der Waals surface area contributed by atoms with Crippen molar-refractivity contribution in [2.75, 3.05) is 0 Å². The van der Waals surface area contributed by atoms with Crippen LogP contribution in [0.15, 0.2) is 9.64 Å². The lowest BCUT2D eigenvalue weighted by Crippen LogP contribution is -1.95. The van der Waals surface area contributed by atoms with Gasteiger partial charge in [0, 0.05) is 12.2 Å². The maximum absolute atomic E-state index is 5.32. The van der Waals surface area contributed by atoms with E-state index in [0.29, 0.717) is 11.1 Å². The van der Waals surface area contributed by atoms with Crippen LogP contribution in [0.2, 0.25) is 0 Å². The number of aromatic nitrogens is 2. The first-order valence-corrected chi connectivity index (χ1v) is 5.59. The van der Waals surface area contributed by atoms with Crippen molar-refractivity contribution in [2.24, 2.45) is 5.92 Å². The van der Waals surface area contributed by atoms with E-state index >= 15 is 0 Å². The van der Waals surface area contributed by atoms with Crippen LogP contribution in [0.4, 0.5) is 0 Å². The first-order valence-electron chi connectivity index (χ1n) is 4.71. The summed E-state index contributed by atoms with van der Waals surface area (Å²) in [6.07, 6.45) is 3.91. The largest absolute Gasteiger partial charge is 0.416 e. The molecule has 2 unspecified atom stereocenters. The predicted molar refractivity (Wildman–Crippen MR) is 51.7 cm³/mol. The van der Waals surface area contributed by atoms with E-state index in [4.69, 9.17) is 4.42 Å². The number of hydrogen-bond donors (Lipinski definition) is 0. The summed E-state index contributed by atoms with van der Waals surface area (Å²) in [5.74, 6) is 1.52. The minimum Gasteiger partial charge on any atom is -0.416 e. The van der Waals surface area contributed by atoms with E-state index in [1.807, 2.05) is 6.92 Å². The molecule has 2 rings (SSSR count). The molecule has 0 spiro atoms. The number of rotatable bonds is 2. The summed E-state index contributed by atoms with van der Waals surface area (Å²) in [6, 6.07) is 0. The molecule has 0 N–H and O–H groups in total. The van der Waals surface area contributed by atoms with Gasteiger partial charge in [-0.2, -0.15) is 0 Å². The molecule has 1 saturated carbocycles. The van der Waals surface area contributed by atoms with Gasteiger partial charge in [-0.05, 0) is 25.2 Å². The van der Waals surface area contributed by atoms with E-state index in [0.717, 1.165) is 11.1 Å². The second-order valence-electron chi connectivity index (χ2n) is 3.75. The van der Waals surface area contributed by atoms with Crippen LogP contribution in [0.5, 0.6) is 0 Å². The van der Waals surface area contributed by atoms with Gasteiger partial charge in [0.15, 0.2) is 0 Å². The Balaban J connectivity index is 1.91. The second kappa shape index (κ2) is 3.70. The second-order valence-corrected chi connectivity index (χ2v) is 5.00. The van der Waals surface area contributed by atoms with Gasteiger partial charge in [-0.3, -0.25) is 0 Å². The molecule has 2 atom stereocenters. The Morgan fingerprint density at radius 1 is 1.38 bits per heavy atom.